The Bertz CT molecular complexity index is 359. The summed E-state index contributed by atoms with van der Waals surface area (Å²) in [5.41, 5.74) is 0. The highest BCUT2D eigenvalue weighted by atomic mass is 16.4. The summed E-state index contributed by atoms with van der Waals surface area (Å²) in [6, 6.07) is 0. The number of amides is 1. The number of carboxylic acids is 1. The van der Waals surface area contributed by atoms with Crippen LogP contribution in [0, 0.1) is 5.92 Å². The number of carbonyl (C=O) groups excluding carboxylic acids is 1. The maximum atomic E-state index is 12.3. The molecule has 0 aromatic heterocycles. The monoisotopic (exact) mass is 310 g/mol. The van der Waals surface area contributed by atoms with Crippen LogP contribution in [-0.2, 0) is 9.59 Å². The van der Waals surface area contributed by atoms with E-state index in [1.165, 1.54) is 32.1 Å². The summed E-state index contributed by atoms with van der Waals surface area (Å²) in [5.74, 6) is 0.363. The third-order valence-corrected chi connectivity index (χ3v) is 5.08. The predicted octanol–water partition coefficient (Wildman–Crippen LogP) is 2.36. The van der Waals surface area contributed by atoms with E-state index >= 15 is 0 Å². The van der Waals surface area contributed by atoms with E-state index in [1.807, 2.05) is 4.90 Å². The van der Waals surface area contributed by atoms with Crippen molar-refractivity contribution in [1.29, 1.82) is 0 Å². The van der Waals surface area contributed by atoms with E-state index in [9.17, 15) is 9.59 Å². The van der Waals surface area contributed by atoms with Crippen LogP contribution in [0.2, 0.25) is 0 Å². The van der Waals surface area contributed by atoms with Gasteiger partial charge in [0.1, 0.15) is 0 Å². The summed E-state index contributed by atoms with van der Waals surface area (Å²) in [4.78, 5) is 27.1. The summed E-state index contributed by atoms with van der Waals surface area (Å²) in [7, 11) is 0. The van der Waals surface area contributed by atoms with E-state index in [-0.39, 0.29) is 6.42 Å². The average Bonchev–Trinajstić information content (AvgIpc) is 2.54. The number of nitrogens with zero attached hydrogens (tertiary/aromatic N) is 2. The van der Waals surface area contributed by atoms with E-state index in [1.54, 1.807) is 0 Å². The zero-order valence-electron chi connectivity index (χ0n) is 13.6. The van der Waals surface area contributed by atoms with Gasteiger partial charge in [-0.1, -0.05) is 32.1 Å². The first-order valence-electron chi connectivity index (χ1n) is 8.87. The average molecular weight is 310 g/mol. The van der Waals surface area contributed by atoms with Crippen molar-refractivity contribution in [2.75, 3.05) is 32.7 Å². The zero-order valence-corrected chi connectivity index (χ0v) is 13.6. The van der Waals surface area contributed by atoms with Gasteiger partial charge in [0.15, 0.2) is 0 Å². The molecule has 22 heavy (non-hydrogen) atoms. The normalized spacial score (nSPS) is 21.0. The first-order valence-corrected chi connectivity index (χ1v) is 8.87. The summed E-state index contributed by atoms with van der Waals surface area (Å²) in [5, 5.41) is 8.65. The third-order valence-electron chi connectivity index (χ3n) is 5.08. The molecule has 1 N–H and O–H groups in total. The highest BCUT2D eigenvalue weighted by Crippen LogP contribution is 2.27. The van der Waals surface area contributed by atoms with Gasteiger partial charge >= 0.3 is 5.97 Å². The topological polar surface area (TPSA) is 60.9 Å². The molecule has 0 radical (unpaired) electrons. The van der Waals surface area contributed by atoms with E-state index in [0.29, 0.717) is 18.7 Å². The van der Waals surface area contributed by atoms with E-state index < -0.39 is 5.97 Å². The van der Waals surface area contributed by atoms with Crippen LogP contribution in [0.3, 0.4) is 0 Å². The van der Waals surface area contributed by atoms with Crippen LogP contribution in [0.25, 0.3) is 0 Å². The number of carbonyl (C=O) groups is 2. The summed E-state index contributed by atoms with van der Waals surface area (Å²) in [6.07, 6.45) is 9.39. The van der Waals surface area contributed by atoms with Crippen molar-refractivity contribution in [2.45, 2.75) is 57.8 Å². The SMILES string of the molecule is O=C(O)CCCN1CCN(C(=O)CCC2CCCCC2)CC1. The molecule has 1 amide bonds. The van der Waals surface area contributed by atoms with Gasteiger partial charge in [0.2, 0.25) is 5.91 Å². The van der Waals surface area contributed by atoms with Crippen molar-refractivity contribution < 1.29 is 14.7 Å². The van der Waals surface area contributed by atoms with Crippen molar-refractivity contribution in [3.8, 4) is 0 Å². The van der Waals surface area contributed by atoms with E-state index in [2.05, 4.69) is 4.90 Å². The van der Waals surface area contributed by atoms with Crippen LogP contribution in [-0.4, -0.2) is 59.5 Å². The van der Waals surface area contributed by atoms with Gasteiger partial charge < -0.3 is 10.0 Å². The Balaban J connectivity index is 1.59. The number of carboxylic acid groups (broad SMARTS) is 1. The van der Waals surface area contributed by atoms with E-state index in [0.717, 1.165) is 45.1 Å². The van der Waals surface area contributed by atoms with Crippen LogP contribution in [0.1, 0.15) is 57.8 Å². The van der Waals surface area contributed by atoms with Gasteiger partial charge in [-0.05, 0) is 25.3 Å². The van der Waals surface area contributed by atoms with Gasteiger partial charge in [0, 0.05) is 39.0 Å². The van der Waals surface area contributed by atoms with Crippen molar-refractivity contribution in [3.05, 3.63) is 0 Å². The maximum absolute atomic E-state index is 12.3. The quantitative estimate of drug-likeness (QED) is 0.784. The molecule has 2 rings (SSSR count). The van der Waals surface area contributed by atoms with Crippen molar-refractivity contribution in [1.82, 2.24) is 9.80 Å². The zero-order chi connectivity index (χ0) is 15.8. The lowest BCUT2D eigenvalue weighted by molar-refractivity contribution is -0.137. The van der Waals surface area contributed by atoms with Gasteiger partial charge in [-0.3, -0.25) is 14.5 Å². The molecule has 0 aromatic rings. The number of hydrogen-bond acceptors (Lipinski definition) is 3. The second kappa shape index (κ2) is 9.13. The van der Waals surface area contributed by atoms with E-state index in [4.69, 9.17) is 5.11 Å². The Kier molecular flexibility index (Phi) is 7.16. The van der Waals surface area contributed by atoms with Gasteiger partial charge in [0.05, 0.1) is 0 Å². The highest BCUT2D eigenvalue weighted by molar-refractivity contribution is 5.76. The standard InChI is InChI=1S/C17H30N2O3/c20-16(9-8-15-5-2-1-3-6-15)19-13-11-18(12-14-19)10-4-7-17(21)22/h15H,1-14H2,(H,21,22). The molecule has 1 aliphatic carbocycles. The smallest absolute Gasteiger partial charge is 0.303 e. The summed E-state index contributed by atoms with van der Waals surface area (Å²) >= 11 is 0. The Morgan fingerprint density at radius 2 is 1.64 bits per heavy atom. The van der Waals surface area contributed by atoms with Crippen LogP contribution in [0.5, 0.6) is 0 Å². The first-order chi connectivity index (χ1) is 10.6. The predicted molar refractivity (Wildman–Crippen MR) is 85.7 cm³/mol. The van der Waals surface area contributed by atoms with Gasteiger partial charge in [-0.25, -0.2) is 0 Å². The molecule has 0 atom stereocenters. The van der Waals surface area contributed by atoms with Crippen molar-refractivity contribution in [3.63, 3.8) is 0 Å². The number of hydrogen-bond donors (Lipinski definition) is 1. The lowest BCUT2D eigenvalue weighted by Gasteiger charge is -2.35. The Morgan fingerprint density at radius 3 is 2.27 bits per heavy atom. The fourth-order valence-electron chi connectivity index (χ4n) is 3.64. The Hall–Kier alpha value is -1.10. The first kappa shape index (κ1) is 17.3. The maximum Gasteiger partial charge on any atom is 0.303 e. The van der Waals surface area contributed by atoms with Gasteiger partial charge in [0.25, 0.3) is 0 Å². The molecule has 1 saturated heterocycles. The molecule has 0 bridgehead atoms. The molecular formula is C17H30N2O3. The van der Waals surface area contributed by atoms with Crippen LogP contribution in [0.4, 0.5) is 0 Å². The van der Waals surface area contributed by atoms with Gasteiger partial charge in [-0.15, -0.1) is 0 Å². The number of piperazine rings is 1. The minimum absolute atomic E-state index is 0.237. The minimum Gasteiger partial charge on any atom is -0.481 e. The molecule has 5 heteroatoms. The summed E-state index contributed by atoms with van der Waals surface area (Å²) in [6.45, 7) is 4.20. The number of rotatable bonds is 7. The molecular weight excluding hydrogens is 280 g/mol. The molecule has 1 heterocycles. The lowest BCUT2D eigenvalue weighted by Crippen LogP contribution is -2.48. The molecule has 126 valence electrons. The number of aliphatic carboxylic acids is 1. The minimum atomic E-state index is -0.725. The van der Waals surface area contributed by atoms with Crippen LogP contribution < -0.4 is 0 Å². The fourth-order valence-corrected chi connectivity index (χ4v) is 3.64. The molecule has 2 aliphatic rings. The van der Waals surface area contributed by atoms with Crippen molar-refractivity contribution in [2.24, 2.45) is 5.92 Å². The highest BCUT2D eigenvalue weighted by Gasteiger charge is 2.22. The summed E-state index contributed by atoms with van der Waals surface area (Å²) < 4.78 is 0. The second-order valence-corrected chi connectivity index (χ2v) is 6.76. The largest absolute Gasteiger partial charge is 0.481 e. The second-order valence-electron chi connectivity index (χ2n) is 6.76. The molecule has 1 aliphatic heterocycles. The Morgan fingerprint density at radius 1 is 0.955 bits per heavy atom. The molecule has 0 spiro atoms. The molecule has 0 aromatic carbocycles. The molecule has 5 nitrogen and oxygen atoms in total. The molecule has 1 saturated carbocycles. The van der Waals surface area contributed by atoms with Crippen LogP contribution >= 0.6 is 0 Å². The molecule has 2 fully saturated rings. The fraction of sp³-hybridized carbons (Fsp3) is 0.882. The molecule has 0 unspecified atom stereocenters. The van der Waals surface area contributed by atoms with Crippen LogP contribution in [0.15, 0.2) is 0 Å². The van der Waals surface area contributed by atoms with Gasteiger partial charge in [-0.2, -0.15) is 0 Å². The third kappa shape index (κ3) is 5.95. The Labute approximate surface area is 133 Å². The lowest BCUT2D eigenvalue weighted by atomic mass is 9.86. The van der Waals surface area contributed by atoms with Crippen molar-refractivity contribution >= 4 is 11.9 Å².